The van der Waals surface area contributed by atoms with Gasteiger partial charge in [-0.05, 0) is 32.9 Å². The van der Waals surface area contributed by atoms with Crippen LogP contribution in [0.1, 0.15) is 29.0 Å². The molecule has 0 saturated carbocycles. The number of aliphatic hydroxyl groups excluding tert-OH is 1. The van der Waals surface area contributed by atoms with Crippen molar-refractivity contribution in [2.45, 2.75) is 26.9 Å². The Bertz CT molecular complexity index is 922. The van der Waals surface area contributed by atoms with Crippen molar-refractivity contribution < 1.29 is 13.9 Å². The third kappa shape index (κ3) is 2.17. The highest BCUT2D eigenvalue weighted by molar-refractivity contribution is 7.19. The molecule has 1 atom stereocenters. The van der Waals surface area contributed by atoms with Crippen molar-refractivity contribution in [3.8, 4) is 11.3 Å². The van der Waals surface area contributed by atoms with Crippen LogP contribution in [0, 0.1) is 19.7 Å². The Morgan fingerprint density at radius 2 is 1.95 bits per heavy atom. The smallest absolute Gasteiger partial charge is 0.206 e. The molecule has 2 aromatic heterocycles. The molecule has 1 N–H and O–H groups in total. The SMILES string of the molecule is Cc1sc2c(=O)c(C)c(-c3ccccc3F)oc2c1C(C)O. The highest BCUT2D eigenvalue weighted by Gasteiger charge is 2.22. The van der Waals surface area contributed by atoms with Gasteiger partial charge in [-0.15, -0.1) is 11.3 Å². The number of hydrogen-bond donors (Lipinski definition) is 1. The number of aliphatic hydroxyl groups is 1. The minimum atomic E-state index is -0.756. The first-order valence-electron chi connectivity index (χ1n) is 6.91. The first-order valence-corrected chi connectivity index (χ1v) is 7.73. The van der Waals surface area contributed by atoms with Crippen molar-refractivity contribution in [1.29, 1.82) is 0 Å². The van der Waals surface area contributed by atoms with Crippen LogP contribution in [-0.2, 0) is 0 Å². The van der Waals surface area contributed by atoms with Gasteiger partial charge in [0.2, 0.25) is 5.43 Å². The maximum atomic E-state index is 14.0. The molecule has 0 fully saturated rings. The summed E-state index contributed by atoms with van der Waals surface area (Å²) in [7, 11) is 0. The zero-order valence-electron chi connectivity index (χ0n) is 12.4. The lowest BCUT2D eigenvalue weighted by molar-refractivity contribution is 0.199. The van der Waals surface area contributed by atoms with Crippen molar-refractivity contribution in [2.75, 3.05) is 0 Å². The fourth-order valence-corrected chi connectivity index (χ4v) is 3.80. The van der Waals surface area contributed by atoms with E-state index in [4.69, 9.17) is 4.42 Å². The highest BCUT2D eigenvalue weighted by Crippen LogP contribution is 2.36. The van der Waals surface area contributed by atoms with E-state index >= 15 is 0 Å². The number of thiophene rings is 1. The van der Waals surface area contributed by atoms with Crippen LogP contribution < -0.4 is 5.43 Å². The van der Waals surface area contributed by atoms with E-state index in [9.17, 15) is 14.3 Å². The van der Waals surface area contributed by atoms with Crippen molar-refractivity contribution in [3.05, 3.63) is 56.3 Å². The number of benzene rings is 1. The van der Waals surface area contributed by atoms with E-state index in [1.165, 1.54) is 17.4 Å². The number of halogens is 1. The summed E-state index contributed by atoms with van der Waals surface area (Å²) in [5.41, 5.74) is 1.39. The Labute approximate surface area is 130 Å². The lowest BCUT2D eigenvalue weighted by Crippen LogP contribution is -2.06. The summed E-state index contributed by atoms with van der Waals surface area (Å²) in [6.07, 6.45) is -0.756. The number of fused-ring (bicyclic) bond motifs is 1. The molecule has 3 aromatic rings. The molecule has 3 nitrogen and oxygen atoms in total. The molecule has 0 aliphatic heterocycles. The van der Waals surface area contributed by atoms with Crippen molar-refractivity contribution in [2.24, 2.45) is 0 Å². The number of hydrogen-bond acceptors (Lipinski definition) is 4. The molecule has 0 radical (unpaired) electrons. The molecule has 22 heavy (non-hydrogen) atoms. The van der Waals surface area contributed by atoms with Gasteiger partial charge in [0.1, 0.15) is 16.3 Å². The summed E-state index contributed by atoms with van der Waals surface area (Å²) in [4.78, 5) is 13.4. The topological polar surface area (TPSA) is 50.4 Å². The Morgan fingerprint density at radius 1 is 1.27 bits per heavy atom. The summed E-state index contributed by atoms with van der Waals surface area (Å²) in [5.74, 6) is -0.228. The largest absolute Gasteiger partial charge is 0.454 e. The molecule has 0 aliphatic rings. The van der Waals surface area contributed by atoms with E-state index in [-0.39, 0.29) is 16.8 Å². The van der Waals surface area contributed by atoms with E-state index in [0.29, 0.717) is 21.4 Å². The second-order valence-electron chi connectivity index (χ2n) is 5.27. The van der Waals surface area contributed by atoms with Crippen LogP contribution in [0.5, 0.6) is 0 Å². The van der Waals surface area contributed by atoms with Gasteiger partial charge in [0.15, 0.2) is 5.58 Å². The van der Waals surface area contributed by atoms with Gasteiger partial charge in [-0.1, -0.05) is 12.1 Å². The van der Waals surface area contributed by atoms with E-state index in [2.05, 4.69) is 0 Å². The average Bonchev–Trinajstić information content (AvgIpc) is 2.80. The molecular weight excluding hydrogens is 303 g/mol. The van der Waals surface area contributed by atoms with Crippen molar-refractivity contribution in [3.63, 3.8) is 0 Å². The van der Waals surface area contributed by atoms with Gasteiger partial charge in [-0.25, -0.2) is 4.39 Å². The van der Waals surface area contributed by atoms with E-state index < -0.39 is 11.9 Å². The van der Waals surface area contributed by atoms with Crippen molar-refractivity contribution >= 4 is 21.6 Å². The predicted octanol–water partition coefficient (Wildman–Crippen LogP) is 4.33. The van der Waals surface area contributed by atoms with Crippen LogP contribution in [-0.4, -0.2) is 5.11 Å². The molecule has 1 aromatic carbocycles. The van der Waals surface area contributed by atoms with Gasteiger partial charge in [0, 0.05) is 16.0 Å². The zero-order valence-corrected chi connectivity index (χ0v) is 13.3. The predicted molar refractivity (Wildman–Crippen MR) is 85.9 cm³/mol. The third-order valence-corrected chi connectivity index (χ3v) is 4.81. The van der Waals surface area contributed by atoms with Gasteiger partial charge in [0.25, 0.3) is 0 Å². The molecule has 3 rings (SSSR count). The first-order chi connectivity index (χ1) is 10.4. The lowest BCUT2D eigenvalue weighted by Gasteiger charge is -2.08. The molecule has 5 heteroatoms. The third-order valence-electron chi connectivity index (χ3n) is 3.71. The first kappa shape index (κ1) is 14.9. The standard InChI is InChI=1S/C17H15FO3S/c1-8-14(20)17-16(13(9(2)19)10(3)22-17)21-15(8)11-6-4-5-7-12(11)18/h4-7,9,19H,1-3H3. The van der Waals surface area contributed by atoms with Crippen molar-refractivity contribution in [1.82, 2.24) is 0 Å². The van der Waals surface area contributed by atoms with E-state index in [1.807, 2.05) is 6.92 Å². The summed E-state index contributed by atoms with van der Waals surface area (Å²) in [5, 5.41) is 9.94. The summed E-state index contributed by atoms with van der Waals surface area (Å²) in [6.45, 7) is 5.08. The molecule has 114 valence electrons. The molecule has 0 amide bonds. The van der Waals surface area contributed by atoms with Gasteiger partial charge >= 0.3 is 0 Å². The normalized spacial score (nSPS) is 12.8. The summed E-state index contributed by atoms with van der Waals surface area (Å²) >= 11 is 1.30. The van der Waals surface area contributed by atoms with Crippen LogP contribution in [0.2, 0.25) is 0 Å². The molecule has 0 spiro atoms. The fourth-order valence-electron chi connectivity index (χ4n) is 2.63. The van der Waals surface area contributed by atoms with Gasteiger partial charge in [-0.3, -0.25) is 4.79 Å². The average molecular weight is 318 g/mol. The Kier molecular flexibility index (Phi) is 3.62. The zero-order chi connectivity index (χ0) is 16.0. The van der Waals surface area contributed by atoms with Crippen LogP contribution in [0.15, 0.2) is 33.5 Å². The molecule has 0 aliphatic carbocycles. The second-order valence-corrected chi connectivity index (χ2v) is 6.50. The molecule has 0 saturated heterocycles. The van der Waals surface area contributed by atoms with Gasteiger partial charge in [0.05, 0.1) is 11.7 Å². The maximum absolute atomic E-state index is 14.0. The Morgan fingerprint density at radius 3 is 2.59 bits per heavy atom. The minimum Gasteiger partial charge on any atom is -0.454 e. The molecule has 2 heterocycles. The highest BCUT2D eigenvalue weighted by atomic mass is 32.1. The van der Waals surface area contributed by atoms with Crippen LogP contribution >= 0.6 is 11.3 Å². The van der Waals surface area contributed by atoms with Crippen LogP contribution in [0.4, 0.5) is 4.39 Å². The fraction of sp³-hybridized carbons (Fsp3) is 0.235. The monoisotopic (exact) mass is 318 g/mol. The minimum absolute atomic E-state index is 0.181. The van der Waals surface area contributed by atoms with Crippen LogP contribution in [0.3, 0.4) is 0 Å². The second kappa shape index (κ2) is 5.34. The maximum Gasteiger partial charge on any atom is 0.206 e. The molecular formula is C17H15FO3S. The quantitative estimate of drug-likeness (QED) is 0.765. The lowest BCUT2D eigenvalue weighted by atomic mass is 10.1. The van der Waals surface area contributed by atoms with E-state index in [0.717, 1.165) is 4.88 Å². The van der Waals surface area contributed by atoms with E-state index in [1.54, 1.807) is 32.0 Å². The Balaban J connectivity index is 2.43. The van der Waals surface area contributed by atoms with Crippen LogP contribution in [0.25, 0.3) is 21.6 Å². The van der Waals surface area contributed by atoms with Gasteiger partial charge < -0.3 is 9.52 Å². The summed E-state index contributed by atoms with van der Waals surface area (Å²) in [6, 6.07) is 6.18. The molecule has 1 unspecified atom stereocenters. The Hall–Kier alpha value is -1.98. The number of aryl methyl sites for hydroxylation is 1. The summed E-state index contributed by atoms with van der Waals surface area (Å²) < 4.78 is 20.4. The van der Waals surface area contributed by atoms with Gasteiger partial charge in [-0.2, -0.15) is 0 Å². The number of rotatable bonds is 2. The molecule has 0 bridgehead atoms.